The molecule has 0 unspecified atom stereocenters. The van der Waals surface area contributed by atoms with Gasteiger partial charge >= 0.3 is 0 Å². The SMILES string of the molecule is CCOc1ccccc1NC(=O)CC(=O)N(C)[C@H](CC)c1cccnc1. The number of anilines is 1. The van der Waals surface area contributed by atoms with E-state index in [4.69, 9.17) is 4.74 Å². The first-order valence-corrected chi connectivity index (χ1v) is 8.74. The smallest absolute Gasteiger partial charge is 0.233 e. The Labute approximate surface area is 154 Å². The zero-order valence-corrected chi connectivity index (χ0v) is 15.4. The second-order valence-electron chi connectivity index (χ2n) is 5.87. The van der Waals surface area contributed by atoms with Crippen LogP contribution in [0, 0.1) is 0 Å². The van der Waals surface area contributed by atoms with Crippen LogP contribution < -0.4 is 10.1 Å². The number of para-hydroxylation sites is 2. The molecule has 0 radical (unpaired) electrons. The quantitative estimate of drug-likeness (QED) is 0.737. The summed E-state index contributed by atoms with van der Waals surface area (Å²) in [5.74, 6) is -0.0203. The summed E-state index contributed by atoms with van der Waals surface area (Å²) in [6.07, 6.45) is 3.95. The minimum absolute atomic E-state index is 0.111. The minimum Gasteiger partial charge on any atom is -0.492 e. The number of benzene rings is 1. The van der Waals surface area contributed by atoms with E-state index in [0.717, 1.165) is 12.0 Å². The highest BCUT2D eigenvalue weighted by molar-refractivity contribution is 6.04. The first-order chi connectivity index (χ1) is 12.6. The lowest BCUT2D eigenvalue weighted by atomic mass is 10.1. The third-order valence-corrected chi connectivity index (χ3v) is 4.09. The van der Waals surface area contributed by atoms with Crippen molar-refractivity contribution in [2.75, 3.05) is 19.0 Å². The molecule has 0 fully saturated rings. The van der Waals surface area contributed by atoms with Gasteiger partial charge < -0.3 is 15.0 Å². The van der Waals surface area contributed by atoms with E-state index in [1.165, 1.54) is 0 Å². The van der Waals surface area contributed by atoms with E-state index >= 15 is 0 Å². The summed E-state index contributed by atoms with van der Waals surface area (Å²) in [7, 11) is 1.71. The molecule has 2 rings (SSSR count). The molecule has 0 saturated carbocycles. The Balaban J connectivity index is 2.01. The first kappa shape index (κ1) is 19.4. The Morgan fingerprint density at radius 1 is 1.19 bits per heavy atom. The van der Waals surface area contributed by atoms with Crippen LogP contribution in [0.15, 0.2) is 48.8 Å². The molecular weight excluding hydrogens is 330 g/mol. The average Bonchev–Trinajstić information content (AvgIpc) is 2.65. The fourth-order valence-electron chi connectivity index (χ4n) is 2.79. The lowest BCUT2D eigenvalue weighted by molar-refractivity contribution is -0.135. The van der Waals surface area contributed by atoms with Gasteiger partial charge in [0, 0.05) is 19.4 Å². The number of ether oxygens (including phenoxy) is 1. The largest absolute Gasteiger partial charge is 0.492 e. The third-order valence-electron chi connectivity index (χ3n) is 4.09. The molecule has 0 bridgehead atoms. The van der Waals surface area contributed by atoms with Crippen molar-refractivity contribution in [1.29, 1.82) is 0 Å². The summed E-state index contributed by atoms with van der Waals surface area (Å²) in [5, 5.41) is 2.75. The van der Waals surface area contributed by atoms with Crippen molar-refractivity contribution in [3.05, 3.63) is 54.4 Å². The van der Waals surface area contributed by atoms with E-state index < -0.39 is 0 Å². The standard InChI is InChI=1S/C20H25N3O3/c1-4-17(15-9-8-12-21-14-15)23(3)20(25)13-19(24)22-16-10-6-7-11-18(16)26-5-2/h6-12,14,17H,4-5,13H2,1-3H3,(H,22,24)/t17-/m1/s1. The maximum absolute atomic E-state index is 12.5. The molecule has 2 aromatic rings. The molecule has 6 heteroatoms. The van der Waals surface area contributed by atoms with E-state index in [9.17, 15) is 9.59 Å². The van der Waals surface area contributed by atoms with E-state index in [-0.39, 0.29) is 24.3 Å². The van der Waals surface area contributed by atoms with Crippen LogP contribution in [0.1, 0.15) is 38.3 Å². The highest BCUT2D eigenvalue weighted by Crippen LogP contribution is 2.25. The van der Waals surface area contributed by atoms with E-state index in [2.05, 4.69) is 10.3 Å². The number of hydrogen-bond donors (Lipinski definition) is 1. The Morgan fingerprint density at radius 3 is 2.62 bits per heavy atom. The zero-order valence-electron chi connectivity index (χ0n) is 15.4. The third kappa shape index (κ3) is 5.05. The molecule has 0 saturated heterocycles. The van der Waals surface area contributed by atoms with Crippen LogP contribution in [0.25, 0.3) is 0 Å². The molecule has 6 nitrogen and oxygen atoms in total. The van der Waals surface area contributed by atoms with Crippen molar-refractivity contribution in [1.82, 2.24) is 9.88 Å². The molecule has 0 aliphatic rings. The van der Waals surface area contributed by atoms with Gasteiger partial charge in [0.2, 0.25) is 11.8 Å². The van der Waals surface area contributed by atoms with Gasteiger partial charge in [-0.15, -0.1) is 0 Å². The molecule has 0 aliphatic carbocycles. The predicted molar refractivity (Wildman–Crippen MR) is 101 cm³/mol. The van der Waals surface area contributed by atoms with Gasteiger partial charge in [0.05, 0.1) is 18.3 Å². The highest BCUT2D eigenvalue weighted by Gasteiger charge is 2.22. The van der Waals surface area contributed by atoms with Crippen LogP contribution in [0.3, 0.4) is 0 Å². The summed E-state index contributed by atoms with van der Waals surface area (Å²) < 4.78 is 5.49. The topological polar surface area (TPSA) is 71.5 Å². The second kappa shape index (κ2) is 9.56. The average molecular weight is 355 g/mol. The van der Waals surface area contributed by atoms with Gasteiger partial charge in [-0.3, -0.25) is 14.6 Å². The van der Waals surface area contributed by atoms with Crippen molar-refractivity contribution >= 4 is 17.5 Å². The molecule has 1 atom stereocenters. The molecule has 1 aromatic carbocycles. The number of amides is 2. The van der Waals surface area contributed by atoms with Crippen molar-refractivity contribution < 1.29 is 14.3 Å². The number of carbonyl (C=O) groups is 2. The monoisotopic (exact) mass is 355 g/mol. The van der Waals surface area contributed by atoms with Crippen LogP contribution >= 0.6 is 0 Å². The van der Waals surface area contributed by atoms with Crippen molar-refractivity contribution in [3.63, 3.8) is 0 Å². The summed E-state index contributed by atoms with van der Waals surface area (Å²) in [6, 6.07) is 10.8. The summed E-state index contributed by atoms with van der Waals surface area (Å²) in [5.41, 5.74) is 1.52. The molecule has 0 aliphatic heterocycles. The van der Waals surface area contributed by atoms with Gasteiger partial charge in [0.1, 0.15) is 12.2 Å². The molecule has 1 N–H and O–H groups in total. The van der Waals surface area contributed by atoms with Crippen LogP contribution in [0.4, 0.5) is 5.69 Å². The second-order valence-corrected chi connectivity index (χ2v) is 5.87. The van der Waals surface area contributed by atoms with Gasteiger partial charge in [-0.05, 0) is 37.1 Å². The van der Waals surface area contributed by atoms with Gasteiger partial charge in [-0.1, -0.05) is 25.1 Å². The number of rotatable bonds is 8. The van der Waals surface area contributed by atoms with E-state index in [0.29, 0.717) is 18.0 Å². The molecule has 1 heterocycles. The fourth-order valence-corrected chi connectivity index (χ4v) is 2.79. The molecule has 1 aromatic heterocycles. The maximum Gasteiger partial charge on any atom is 0.233 e. The normalized spacial score (nSPS) is 11.5. The van der Waals surface area contributed by atoms with Crippen molar-refractivity contribution in [2.24, 2.45) is 0 Å². The molecule has 138 valence electrons. The van der Waals surface area contributed by atoms with Crippen LogP contribution in [0.2, 0.25) is 0 Å². The number of aromatic nitrogens is 1. The maximum atomic E-state index is 12.5. The zero-order chi connectivity index (χ0) is 18.9. The van der Waals surface area contributed by atoms with Crippen LogP contribution in [-0.4, -0.2) is 35.4 Å². The Morgan fingerprint density at radius 2 is 1.96 bits per heavy atom. The number of nitrogens with one attached hydrogen (secondary N) is 1. The number of carbonyl (C=O) groups excluding carboxylic acids is 2. The minimum atomic E-state index is -0.366. The predicted octanol–water partition coefficient (Wildman–Crippen LogP) is 3.42. The summed E-state index contributed by atoms with van der Waals surface area (Å²) in [6.45, 7) is 4.37. The van der Waals surface area contributed by atoms with Crippen LogP contribution in [-0.2, 0) is 9.59 Å². The molecule has 2 amide bonds. The molecule has 26 heavy (non-hydrogen) atoms. The van der Waals surface area contributed by atoms with Crippen molar-refractivity contribution in [2.45, 2.75) is 32.7 Å². The lowest BCUT2D eigenvalue weighted by Gasteiger charge is -2.27. The Hall–Kier alpha value is -2.89. The van der Waals surface area contributed by atoms with Gasteiger partial charge in [-0.25, -0.2) is 0 Å². The Bertz CT molecular complexity index is 734. The van der Waals surface area contributed by atoms with Crippen LogP contribution in [0.5, 0.6) is 5.75 Å². The number of hydrogen-bond acceptors (Lipinski definition) is 4. The summed E-state index contributed by atoms with van der Waals surface area (Å²) in [4.78, 5) is 30.6. The number of nitrogens with zero attached hydrogens (tertiary/aromatic N) is 2. The first-order valence-electron chi connectivity index (χ1n) is 8.74. The summed E-state index contributed by atoms with van der Waals surface area (Å²) >= 11 is 0. The highest BCUT2D eigenvalue weighted by atomic mass is 16.5. The molecular formula is C20H25N3O3. The Kier molecular flexibility index (Phi) is 7.14. The lowest BCUT2D eigenvalue weighted by Crippen LogP contribution is -2.33. The van der Waals surface area contributed by atoms with E-state index in [1.54, 1.807) is 36.5 Å². The van der Waals surface area contributed by atoms with Gasteiger partial charge in [-0.2, -0.15) is 0 Å². The van der Waals surface area contributed by atoms with Gasteiger partial charge in [0.15, 0.2) is 0 Å². The van der Waals surface area contributed by atoms with Gasteiger partial charge in [0.25, 0.3) is 0 Å². The number of pyridine rings is 1. The van der Waals surface area contributed by atoms with Crippen molar-refractivity contribution in [3.8, 4) is 5.75 Å². The van der Waals surface area contributed by atoms with E-state index in [1.807, 2.05) is 38.1 Å². The fraction of sp³-hybridized carbons (Fsp3) is 0.350. The molecule has 0 spiro atoms.